The molecule has 0 fully saturated rings. The van der Waals surface area contributed by atoms with Crippen LogP contribution in [-0.4, -0.2) is 18.0 Å². The normalized spacial score (nSPS) is 10.9. The molecule has 8 N–H and O–H groups in total. The number of carbonyl (C=O) groups excluding carboxylic acids is 1. The van der Waals surface area contributed by atoms with E-state index in [1.54, 1.807) is 0 Å². The van der Waals surface area contributed by atoms with Gasteiger partial charge in [0.1, 0.15) is 11.5 Å². The van der Waals surface area contributed by atoms with Crippen molar-refractivity contribution < 1.29 is 13.6 Å². The largest absolute Gasteiger partial charge is 0.370 e. The summed E-state index contributed by atoms with van der Waals surface area (Å²) < 4.78 is 26.8. The Morgan fingerprint density at radius 3 is 2.12 bits per heavy atom. The lowest BCUT2D eigenvalue weighted by Crippen LogP contribution is -2.26. The Kier molecular flexibility index (Phi) is 5.46. The van der Waals surface area contributed by atoms with Gasteiger partial charge in [0.05, 0.1) is 0 Å². The number of amides is 2. The summed E-state index contributed by atoms with van der Waals surface area (Å²) in [5.41, 5.74) is 16.1. The lowest BCUT2D eigenvalue weighted by molar-refractivity contribution is 0.262. The van der Waals surface area contributed by atoms with E-state index in [9.17, 15) is 13.6 Å². The molecular weight excluding hydrogens is 332 g/mol. The van der Waals surface area contributed by atoms with E-state index in [0.29, 0.717) is 5.69 Å². The first-order chi connectivity index (χ1) is 11.8. The first kappa shape index (κ1) is 17.7. The Balaban J connectivity index is 2.06. The van der Waals surface area contributed by atoms with E-state index in [2.05, 4.69) is 20.6 Å². The molecule has 2 amide bonds. The second-order valence-corrected chi connectivity index (χ2v) is 4.76. The summed E-state index contributed by atoms with van der Waals surface area (Å²) in [5.74, 6) is -1.79. The third kappa shape index (κ3) is 5.46. The van der Waals surface area contributed by atoms with Gasteiger partial charge in [0.25, 0.3) is 0 Å². The molecule has 0 aliphatic carbocycles. The summed E-state index contributed by atoms with van der Waals surface area (Å²) in [7, 11) is 0. The first-order valence-electron chi connectivity index (χ1n) is 6.90. The summed E-state index contributed by atoms with van der Waals surface area (Å²) in [6.07, 6.45) is 0. The molecular formula is C15H15F2N7O. The van der Waals surface area contributed by atoms with Crippen LogP contribution in [0.3, 0.4) is 0 Å². The summed E-state index contributed by atoms with van der Waals surface area (Å²) >= 11 is 0. The quantitative estimate of drug-likeness (QED) is 0.426. The smallest absolute Gasteiger partial charge is 0.323 e. The number of carbonyl (C=O) groups is 1. The van der Waals surface area contributed by atoms with Crippen molar-refractivity contribution >= 4 is 35.0 Å². The molecule has 2 aromatic rings. The van der Waals surface area contributed by atoms with Gasteiger partial charge in [0.15, 0.2) is 11.8 Å². The number of rotatable bonds is 3. The molecule has 8 nitrogen and oxygen atoms in total. The molecule has 0 aliphatic rings. The highest BCUT2D eigenvalue weighted by molar-refractivity contribution is 6.00. The number of hydrogen-bond donors (Lipinski definition) is 5. The van der Waals surface area contributed by atoms with E-state index in [0.717, 1.165) is 6.07 Å². The fraction of sp³-hybridized carbons (Fsp3) is 0. The van der Waals surface area contributed by atoms with Crippen LogP contribution in [0.1, 0.15) is 0 Å². The van der Waals surface area contributed by atoms with Crippen LogP contribution in [0.4, 0.5) is 30.6 Å². The maximum atomic E-state index is 14.0. The zero-order valence-electron chi connectivity index (χ0n) is 12.8. The van der Waals surface area contributed by atoms with Gasteiger partial charge in [-0.1, -0.05) is 0 Å². The van der Waals surface area contributed by atoms with E-state index in [4.69, 9.17) is 17.2 Å². The molecule has 0 heterocycles. The molecule has 25 heavy (non-hydrogen) atoms. The van der Waals surface area contributed by atoms with Crippen LogP contribution in [0.2, 0.25) is 0 Å². The lowest BCUT2D eigenvalue weighted by atomic mass is 10.2. The Hall–Kier alpha value is -3.69. The van der Waals surface area contributed by atoms with Crippen molar-refractivity contribution in [1.82, 2.24) is 0 Å². The summed E-state index contributed by atoms with van der Waals surface area (Å²) in [6, 6.07) is 8.30. The number of nitrogens with zero attached hydrogens (tertiary/aromatic N) is 2. The molecule has 2 rings (SSSR count). The lowest BCUT2D eigenvalue weighted by Gasteiger charge is -2.08. The van der Waals surface area contributed by atoms with Gasteiger partial charge >= 0.3 is 6.03 Å². The van der Waals surface area contributed by atoms with Crippen molar-refractivity contribution in [2.75, 3.05) is 10.6 Å². The van der Waals surface area contributed by atoms with Crippen molar-refractivity contribution in [1.29, 1.82) is 0 Å². The summed E-state index contributed by atoms with van der Waals surface area (Å²) in [4.78, 5) is 19.0. The van der Waals surface area contributed by atoms with Gasteiger partial charge in [-0.15, -0.1) is 0 Å². The molecule has 0 saturated heterocycles. The zero-order valence-corrected chi connectivity index (χ0v) is 12.8. The number of aliphatic imine (C=N–C) groups is 2. The third-order valence-electron chi connectivity index (χ3n) is 2.79. The van der Waals surface area contributed by atoms with Crippen LogP contribution in [-0.2, 0) is 0 Å². The predicted molar refractivity (Wildman–Crippen MR) is 92.5 cm³/mol. The maximum absolute atomic E-state index is 14.0. The van der Waals surface area contributed by atoms with Gasteiger partial charge in [-0.2, -0.15) is 4.99 Å². The van der Waals surface area contributed by atoms with Crippen LogP contribution < -0.4 is 27.8 Å². The van der Waals surface area contributed by atoms with Crippen molar-refractivity contribution in [2.24, 2.45) is 27.2 Å². The average Bonchev–Trinajstić information content (AvgIpc) is 2.51. The Bertz CT molecular complexity index is 830. The van der Waals surface area contributed by atoms with E-state index in [1.807, 2.05) is 0 Å². The first-order valence-corrected chi connectivity index (χ1v) is 6.90. The average molecular weight is 347 g/mol. The highest BCUT2D eigenvalue weighted by atomic mass is 19.1. The molecule has 0 unspecified atom stereocenters. The van der Waals surface area contributed by atoms with Gasteiger partial charge in [-0.25, -0.2) is 18.6 Å². The van der Waals surface area contributed by atoms with E-state index >= 15 is 0 Å². The fourth-order valence-corrected chi connectivity index (χ4v) is 1.78. The van der Waals surface area contributed by atoms with Crippen LogP contribution in [0, 0.1) is 11.6 Å². The monoisotopic (exact) mass is 347 g/mol. The molecule has 0 saturated carbocycles. The summed E-state index contributed by atoms with van der Waals surface area (Å²) in [5, 5.41) is 4.90. The maximum Gasteiger partial charge on any atom is 0.323 e. The molecule has 0 atom stereocenters. The number of nitrogens with two attached hydrogens (primary N) is 3. The Morgan fingerprint density at radius 1 is 0.920 bits per heavy atom. The molecule has 0 radical (unpaired) electrons. The second kappa shape index (κ2) is 7.73. The molecule has 0 aromatic heterocycles. The predicted octanol–water partition coefficient (Wildman–Crippen LogP) is 1.83. The van der Waals surface area contributed by atoms with Crippen molar-refractivity contribution in [3.63, 3.8) is 0 Å². The van der Waals surface area contributed by atoms with Crippen molar-refractivity contribution in [3.8, 4) is 0 Å². The highest BCUT2D eigenvalue weighted by Crippen LogP contribution is 2.22. The fourth-order valence-electron chi connectivity index (χ4n) is 1.78. The van der Waals surface area contributed by atoms with Gasteiger partial charge in [0, 0.05) is 11.4 Å². The van der Waals surface area contributed by atoms with Crippen LogP contribution in [0.15, 0.2) is 52.4 Å². The van der Waals surface area contributed by atoms with E-state index in [1.165, 1.54) is 36.4 Å². The second-order valence-electron chi connectivity index (χ2n) is 4.76. The number of nitrogens with one attached hydrogen (secondary N) is 2. The minimum Gasteiger partial charge on any atom is -0.370 e. The minimum absolute atomic E-state index is 0.105. The number of halogens is 2. The zero-order chi connectivity index (χ0) is 18.4. The molecule has 10 heteroatoms. The number of anilines is 2. The van der Waals surface area contributed by atoms with Gasteiger partial charge in [0.2, 0.25) is 5.96 Å². The third-order valence-corrected chi connectivity index (χ3v) is 2.79. The molecule has 130 valence electrons. The van der Waals surface area contributed by atoms with E-state index < -0.39 is 17.7 Å². The van der Waals surface area contributed by atoms with Crippen LogP contribution in [0.5, 0.6) is 0 Å². The molecule has 0 spiro atoms. The molecule has 0 aliphatic heterocycles. The van der Waals surface area contributed by atoms with Crippen molar-refractivity contribution in [3.05, 3.63) is 54.1 Å². The van der Waals surface area contributed by atoms with Crippen LogP contribution >= 0.6 is 0 Å². The van der Waals surface area contributed by atoms with Gasteiger partial charge < -0.3 is 27.8 Å². The topological polar surface area (TPSA) is 144 Å². The van der Waals surface area contributed by atoms with Gasteiger partial charge in [-0.3, -0.25) is 0 Å². The van der Waals surface area contributed by atoms with E-state index in [-0.39, 0.29) is 23.3 Å². The number of urea groups is 1. The minimum atomic E-state index is -0.742. The Labute approximate surface area is 141 Å². The van der Waals surface area contributed by atoms with Crippen molar-refractivity contribution in [2.45, 2.75) is 0 Å². The number of benzene rings is 2. The number of guanidine groups is 2. The highest BCUT2D eigenvalue weighted by Gasteiger charge is 2.07. The summed E-state index contributed by atoms with van der Waals surface area (Å²) in [6.45, 7) is 0. The standard InChI is InChI=1S/C15H15F2N7O/c16-8-1-3-9(4-2-8)21-15(25)22-10-5-6-12(11(17)7-10)23-14(20)24-13(18)19/h1-7H,(H2,21,22,25)(H6,18,19,20,23,24). The SMILES string of the molecule is NC(N)=NC(N)=Nc1ccc(NC(=O)Nc2ccc(F)cc2)cc1F. The Morgan fingerprint density at radius 2 is 1.52 bits per heavy atom. The number of hydrogen-bond acceptors (Lipinski definition) is 2. The van der Waals surface area contributed by atoms with Gasteiger partial charge in [-0.05, 0) is 42.5 Å². The molecule has 2 aromatic carbocycles. The van der Waals surface area contributed by atoms with Crippen LogP contribution in [0.25, 0.3) is 0 Å². The molecule has 0 bridgehead atoms.